The first-order chi connectivity index (χ1) is 22.9. The summed E-state index contributed by atoms with van der Waals surface area (Å²) < 4.78 is 34.6. The van der Waals surface area contributed by atoms with Gasteiger partial charge < -0.3 is 25.3 Å². The van der Waals surface area contributed by atoms with Crippen LogP contribution in [0.5, 0.6) is 0 Å². The third-order valence-corrected chi connectivity index (χ3v) is 8.44. The van der Waals surface area contributed by atoms with Gasteiger partial charge in [0.1, 0.15) is 12.1 Å². The minimum Gasteiger partial charge on any atom is -0.439 e. The Labute approximate surface area is 283 Å². The molecule has 252 valence electrons. The molecule has 0 saturated carbocycles. The number of hydrogen-bond donors (Lipinski definition) is 3. The number of nitrogens with zero attached hydrogens (tertiary/aromatic N) is 4. The third kappa shape index (κ3) is 7.82. The molecule has 1 fully saturated rings. The van der Waals surface area contributed by atoms with Crippen LogP contribution in [0.25, 0.3) is 11.3 Å². The summed E-state index contributed by atoms with van der Waals surface area (Å²) >= 11 is 12.5. The van der Waals surface area contributed by atoms with E-state index in [9.17, 15) is 28.0 Å². The first-order valence-corrected chi connectivity index (χ1v) is 15.7. The van der Waals surface area contributed by atoms with Crippen molar-refractivity contribution in [2.45, 2.75) is 44.3 Å². The van der Waals surface area contributed by atoms with E-state index in [1.54, 1.807) is 7.05 Å². The fraction of sp³-hybridized carbons (Fsp3) is 0.312. The minimum absolute atomic E-state index is 0.00343. The van der Waals surface area contributed by atoms with Crippen LogP contribution >= 0.6 is 23.2 Å². The number of rotatable bonds is 11. The summed E-state index contributed by atoms with van der Waals surface area (Å²) in [5.74, 6) is -4.32. The van der Waals surface area contributed by atoms with Crippen molar-refractivity contribution in [1.82, 2.24) is 35.6 Å². The SMILES string of the molecule is C[C@@H](NC(=O)c1ccncc1)C(=O)N1CCC[C@H]1C(=O)NC[C@H](Cc1ccc(F)c(F)c1)NC(=O)c1cc(-c2c(Cl)cnn2C)c(Cl)o1. The maximum absolute atomic E-state index is 14.0. The topological polar surface area (TPSA) is 151 Å². The average Bonchev–Trinajstić information content (AvgIpc) is 3.79. The molecular formula is C32H31Cl2F2N7O5. The van der Waals surface area contributed by atoms with Gasteiger partial charge in [0, 0.05) is 44.2 Å². The van der Waals surface area contributed by atoms with Crippen LogP contribution in [0.15, 0.2) is 59.4 Å². The highest BCUT2D eigenvalue weighted by molar-refractivity contribution is 6.35. The lowest BCUT2D eigenvalue weighted by Crippen LogP contribution is -2.54. The molecule has 3 N–H and O–H groups in total. The van der Waals surface area contributed by atoms with Gasteiger partial charge in [0.25, 0.3) is 11.8 Å². The van der Waals surface area contributed by atoms with Crippen molar-refractivity contribution < 1.29 is 32.4 Å². The first kappa shape index (κ1) is 34.5. The van der Waals surface area contributed by atoms with Gasteiger partial charge >= 0.3 is 0 Å². The van der Waals surface area contributed by atoms with Crippen LogP contribution in [0.2, 0.25) is 10.2 Å². The largest absolute Gasteiger partial charge is 0.439 e. The van der Waals surface area contributed by atoms with Gasteiger partial charge in [-0.25, -0.2) is 8.78 Å². The molecule has 0 aliphatic carbocycles. The zero-order chi connectivity index (χ0) is 34.5. The van der Waals surface area contributed by atoms with E-state index in [0.29, 0.717) is 41.8 Å². The number of aryl methyl sites for hydroxylation is 1. The molecule has 3 atom stereocenters. The molecule has 0 unspecified atom stereocenters. The molecule has 4 aromatic rings. The summed E-state index contributed by atoms with van der Waals surface area (Å²) in [5.41, 5.74) is 1.44. The number of likely N-dealkylation sites (tertiary alicyclic amines) is 1. The molecule has 16 heteroatoms. The Hall–Kier alpha value is -4.82. The summed E-state index contributed by atoms with van der Waals surface area (Å²) in [6.45, 7) is 1.71. The molecule has 4 heterocycles. The van der Waals surface area contributed by atoms with E-state index in [1.807, 2.05) is 0 Å². The molecule has 48 heavy (non-hydrogen) atoms. The van der Waals surface area contributed by atoms with Crippen molar-refractivity contribution in [3.05, 3.63) is 93.8 Å². The number of halogens is 4. The monoisotopic (exact) mass is 701 g/mol. The van der Waals surface area contributed by atoms with Gasteiger partial charge in [0.15, 0.2) is 17.4 Å². The van der Waals surface area contributed by atoms with E-state index in [2.05, 4.69) is 26.0 Å². The average molecular weight is 703 g/mol. The summed E-state index contributed by atoms with van der Waals surface area (Å²) in [6, 6.07) is 5.20. The molecule has 0 bridgehead atoms. The molecule has 1 saturated heterocycles. The lowest BCUT2D eigenvalue weighted by atomic mass is 10.0. The van der Waals surface area contributed by atoms with Crippen LogP contribution in [0.4, 0.5) is 8.78 Å². The van der Waals surface area contributed by atoms with Gasteiger partial charge in [0.05, 0.1) is 28.5 Å². The summed E-state index contributed by atoms with van der Waals surface area (Å²) in [4.78, 5) is 57.9. The predicted octanol–water partition coefficient (Wildman–Crippen LogP) is 3.93. The van der Waals surface area contributed by atoms with Crippen molar-refractivity contribution in [3.8, 4) is 11.3 Å². The second-order valence-corrected chi connectivity index (χ2v) is 12.0. The Bertz CT molecular complexity index is 1810. The van der Waals surface area contributed by atoms with Gasteiger partial charge in [-0.05, 0) is 67.6 Å². The van der Waals surface area contributed by atoms with Gasteiger partial charge in [-0.3, -0.25) is 28.8 Å². The lowest BCUT2D eigenvalue weighted by Gasteiger charge is -2.28. The smallest absolute Gasteiger partial charge is 0.287 e. The molecule has 3 aromatic heterocycles. The van der Waals surface area contributed by atoms with E-state index in [-0.39, 0.29) is 29.0 Å². The summed E-state index contributed by atoms with van der Waals surface area (Å²) in [6.07, 6.45) is 5.29. The predicted molar refractivity (Wildman–Crippen MR) is 171 cm³/mol. The number of pyridine rings is 1. The lowest BCUT2D eigenvalue weighted by molar-refractivity contribution is -0.139. The van der Waals surface area contributed by atoms with E-state index in [4.69, 9.17) is 27.6 Å². The van der Waals surface area contributed by atoms with Crippen molar-refractivity contribution in [3.63, 3.8) is 0 Å². The minimum atomic E-state index is -1.07. The van der Waals surface area contributed by atoms with E-state index < -0.39 is 53.4 Å². The second kappa shape index (κ2) is 14.9. The molecule has 12 nitrogen and oxygen atoms in total. The van der Waals surface area contributed by atoms with Crippen molar-refractivity contribution in [1.29, 1.82) is 0 Å². The van der Waals surface area contributed by atoms with Crippen LogP contribution in [-0.2, 0) is 23.1 Å². The number of hydrogen-bond acceptors (Lipinski definition) is 7. The van der Waals surface area contributed by atoms with Gasteiger partial charge in [-0.15, -0.1) is 0 Å². The molecular weight excluding hydrogens is 671 g/mol. The third-order valence-electron chi connectivity index (χ3n) is 7.88. The Morgan fingerprint density at radius 1 is 1.04 bits per heavy atom. The Morgan fingerprint density at radius 2 is 1.79 bits per heavy atom. The van der Waals surface area contributed by atoms with Crippen LogP contribution in [0, 0.1) is 11.6 Å². The normalized spacial score (nSPS) is 15.5. The van der Waals surface area contributed by atoms with Crippen LogP contribution in [-0.4, -0.2) is 74.5 Å². The number of benzene rings is 1. The van der Waals surface area contributed by atoms with Crippen molar-refractivity contribution in [2.24, 2.45) is 7.05 Å². The Morgan fingerprint density at radius 3 is 2.48 bits per heavy atom. The fourth-order valence-corrected chi connectivity index (χ4v) is 5.97. The zero-order valence-corrected chi connectivity index (χ0v) is 27.3. The first-order valence-electron chi connectivity index (χ1n) is 14.9. The van der Waals surface area contributed by atoms with Crippen molar-refractivity contribution >= 4 is 46.8 Å². The highest BCUT2D eigenvalue weighted by Gasteiger charge is 2.36. The molecule has 1 aromatic carbocycles. The molecule has 1 aliphatic heterocycles. The summed E-state index contributed by atoms with van der Waals surface area (Å²) in [7, 11) is 1.64. The number of nitrogens with one attached hydrogen (secondary N) is 3. The fourth-order valence-electron chi connectivity index (χ4n) is 5.48. The standard InChI is InChI=1S/C32H31Cl2F2N7O5/c1-17(40-29(44)19-7-9-37-10-8-19)32(47)43-11-3-4-25(43)30(45)38-15-20(12-18-5-6-23(35)24(36)13-18)41-31(46)26-14-21(28(34)48-26)27-22(33)16-39-42(27)2/h5-10,13-14,16-17,20,25H,3-4,11-12,15H2,1-2H3,(H,38,45)(H,40,44)(H,41,46)/t17-,20+,25+/m1/s1. The molecule has 0 radical (unpaired) electrons. The number of aromatic nitrogens is 3. The van der Waals surface area contributed by atoms with Crippen LogP contribution in [0.3, 0.4) is 0 Å². The number of carbonyl (C=O) groups is 4. The van der Waals surface area contributed by atoms with Gasteiger partial charge in [-0.1, -0.05) is 17.7 Å². The molecule has 1 aliphatic rings. The summed E-state index contributed by atoms with van der Waals surface area (Å²) in [5, 5.41) is 12.4. The quantitative estimate of drug-likeness (QED) is 0.214. The Balaban J connectivity index is 1.27. The van der Waals surface area contributed by atoms with Crippen LogP contribution in [0.1, 0.15) is 46.2 Å². The Kier molecular flexibility index (Phi) is 10.7. The van der Waals surface area contributed by atoms with Crippen molar-refractivity contribution in [2.75, 3.05) is 13.1 Å². The molecule has 4 amide bonds. The van der Waals surface area contributed by atoms with Gasteiger partial charge in [0.2, 0.25) is 17.0 Å². The maximum atomic E-state index is 14.0. The number of carbonyl (C=O) groups excluding carboxylic acids is 4. The zero-order valence-electron chi connectivity index (χ0n) is 25.8. The highest BCUT2D eigenvalue weighted by Crippen LogP contribution is 2.35. The highest BCUT2D eigenvalue weighted by atomic mass is 35.5. The molecule has 0 spiro atoms. The maximum Gasteiger partial charge on any atom is 0.287 e. The van der Waals surface area contributed by atoms with E-state index in [0.717, 1.165) is 12.1 Å². The van der Waals surface area contributed by atoms with E-state index in [1.165, 1.54) is 59.4 Å². The van der Waals surface area contributed by atoms with Gasteiger partial charge in [-0.2, -0.15) is 5.10 Å². The number of amides is 4. The van der Waals surface area contributed by atoms with Crippen LogP contribution < -0.4 is 16.0 Å². The van der Waals surface area contributed by atoms with E-state index >= 15 is 0 Å². The molecule has 5 rings (SSSR count). The second-order valence-electron chi connectivity index (χ2n) is 11.3. The number of furan rings is 1.